The van der Waals surface area contributed by atoms with Crippen molar-refractivity contribution in [2.75, 3.05) is 6.54 Å². The van der Waals surface area contributed by atoms with Crippen molar-refractivity contribution >= 4 is 0 Å². The molecule has 1 aliphatic carbocycles. The zero-order chi connectivity index (χ0) is 9.26. The van der Waals surface area contributed by atoms with Gasteiger partial charge in [0, 0.05) is 6.20 Å². The van der Waals surface area contributed by atoms with Crippen LogP contribution in [0.3, 0.4) is 0 Å². The minimum absolute atomic E-state index is 0.599. The molecule has 2 atom stereocenters. The van der Waals surface area contributed by atoms with Crippen molar-refractivity contribution in [2.45, 2.75) is 32.2 Å². The molecule has 0 radical (unpaired) electrons. The van der Waals surface area contributed by atoms with Crippen LogP contribution in [-0.2, 0) is 0 Å². The number of aryl methyl sites for hydroxylation is 1. The maximum atomic E-state index is 5.65. The van der Waals surface area contributed by atoms with E-state index in [0.717, 1.165) is 12.5 Å². The van der Waals surface area contributed by atoms with Crippen LogP contribution in [0, 0.1) is 12.8 Å². The first kappa shape index (κ1) is 8.75. The average Bonchev–Trinajstić information content (AvgIpc) is 2.71. The van der Waals surface area contributed by atoms with E-state index in [0.29, 0.717) is 6.04 Å². The number of hydrogen-bond acceptors (Lipinski definition) is 2. The van der Waals surface area contributed by atoms with E-state index in [2.05, 4.69) is 22.9 Å². The molecule has 0 aromatic carbocycles. The van der Waals surface area contributed by atoms with E-state index in [1.165, 1.54) is 24.8 Å². The van der Waals surface area contributed by atoms with Crippen molar-refractivity contribution in [2.24, 2.45) is 11.7 Å². The van der Waals surface area contributed by atoms with Gasteiger partial charge < -0.3 is 5.73 Å². The van der Waals surface area contributed by atoms with Crippen molar-refractivity contribution in [3.63, 3.8) is 0 Å². The maximum absolute atomic E-state index is 5.65. The Kier molecular flexibility index (Phi) is 2.36. The van der Waals surface area contributed by atoms with E-state index in [9.17, 15) is 0 Å². The molecule has 1 aromatic heterocycles. The van der Waals surface area contributed by atoms with Gasteiger partial charge in [0.15, 0.2) is 0 Å². The van der Waals surface area contributed by atoms with Crippen LogP contribution in [0.25, 0.3) is 0 Å². The van der Waals surface area contributed by atoms with E-state index in [1.807, 2.05) is 6.20 Å². The molecule has 1 fully saturated rings. The highest BCUT2D eigenvalue weighted by atomic mass is 15.3. The molecule has 3 heteroatoms. The van der Waals surface area contributed by atoms with E-state index < -0.39 is 0 Å². The van der Waals surface area contributed by atoms with Crippen molar-refractivity contribution in [1.82, 2.24) is 9.78 Å². The van der Waals surface area contributed by atoms with Crippen LogP contribution < -0.4 is 5.73 Å². The molecule has 1 saturated carbocycles. The zero-order valence-electron chi connectivity index (χ0n) is 8.11. The molecule has 0 bridgehead atoms. The molecule has 0 saturated heterocycles. The second-order valence-corrected chi connectivity index (χ2v) is 4.07. The molecular formula is C10H17N3. The molecule has 2 N–H and O–H groups in total. The largest absolute Gasteiger partial charge is 0.330 e. The van der Waals surface area contributed by atoms with Crippen LogP contribution in [0.1, 0.15) is 30.9 Å². The van der Waals surface area contributed by atoms with E-state index in [1.54, 1.807) is 0 Å². The number of nitrogens with two attached hydrogens (primary N) is 1. The normalized spacial score (nSPS) is 28.2. The molecular weight excluding hydrogens is 162 g/mol. The Morgan fingerprint density at radius 2 is 2.46 bits per heavy atom. The summed E-state index contributed by atoms with van der Waals surface area (Å²) in [6, 6.07) is 0.599. The molecule has 2 unspecified atom stereocenters. The van der Waals surface area contributed by atoms with E-state index >= 15 is 0 Å². The molecule has 0 aliphatic heterocycles. The molecule has 3 nitrogen and oxygen atoms in total. The molecule has 0 spiro atoms. The second kappa shape index (κ2) is 3.50. The molecule has 2 rings (SSSR count). The minimum atomic E-state index is 0.599. The molecule has 1 heterocycles. The van der Waals surface area contributed by atoms with E-state index in [-0.39, 0.29) is 0 Å². The first-order chi connectivity index (χ1) is 6.29. The van der Waals surface area contributed by atoms with Gasteiger partial charge in [-0.05, 0) is 44.2 Å². The Bertz CT molecular complexity index is 279. The summed E-state index contributed by atoms with van der Waals surface area (Å²) in [7, 11) is 0. The summed E-state index contributed by atoms with van der Waals surface area (Å²) >= 11 is 0. The Hall–Kier alpha value is -0.830. The molecule has 72 valence electrons. The highest BCUT2D eigenvalue weighted by Gasteiger charge is 2.24. The monoisotopic (exact) mass is 179 g/mol. The standard InChI is InChI=1S/C10H17N3/c1-8-6-12-13(7-8)10-3-2-9(4-10)5-11/h6-7,9-10H,2-5,11H2,1H3. The number of nitrogens with zero attached hydrogens (tertiary/aromatic N) is 2. The first-order valence-electron chi connectivity index (χ1n) is 5.00. The summed E-state index contributed by atoms with van der Waals surface area (Å²) in [6.07, 6.45) is 7.76. The van der Waals surface area contributed by atoms with Gasteiger partial charge in [-0.25, -0.2) is 0 Å². The van der Waals surface area contributed by atoms with Crippen molar-refractivity contribution in [3.8, 4) is 0 Å². The predicted molar refractivity (Wildman–Crippen MR) is 52.4 cm³/mol. The quantitative estimate of drug-likeness (QED) is 0.747. The van der Waals surface area contributed by atoms with Crippen molar-refractivity contribution < 1.29 is 0 Å². The zero-order valence-corrected chi connectivity index (χ0v) is 8.11. The smallest absolute Gasteiger partial charge is 0.0522 e. The van der Waals surface area contributed by atoms with Gasteiger partial charge in [0.2, 0.25) is 0 Å². The van der Waals surface area contributed by atoms with Crippen molar-refractivity contribution in [1.29, 1.82) is 0 Å². The molecule has 13 heavy (non-hydrogen) atoms. The summed E-state index contributed by atoms with van der Waals surface area (Å²) in [4.78, 5) is 0. The summed E-state index contributed by atoms with van der Waals surface area (Å²) in [5, 5.41) is 4.34. The lowest BCUT2D eigenvalue weighted by Crippen LogP contribution is -2.12. The number of rotatable bonds is 2. The Labute approximate surface area is 78.9 Å². The third-order valence-corrected chi connectivity index (χ3v) is 2.95. The van der Waals surface area contributed by atoms with Crippen LogP contribution in [0.5, 0.6) is 0 Å². The summed E-state index contributed by atoms with van der Waals surface area (Å²) < 4.78 is 2.10. The lowest BCUT2D eigenvalue weighted by molar-refractivity contribution is 0.443. The fourth-order valence-electron chi connectivity index (χ4n) is 2.14. The average molecular weight is 179 g/mol. The van der Waals surface area contributed by atoms with Gasteiger partial charge in [0.05, 0.1) is 12.2 Å². The Morgan fingerprint density at radius 1 is 1.62 bits per heavy atom. The molecule has 0 amide bonds. The summed E-state index contributed by atoms with van der Waals surface area (Å²) in [5.41, 5.74) is 6.90. The fourth-order valence-corrected chi connectivity index (χ4v) is 2.14. The van der Waals surface area contributed by atoms with Gasteiger partial charge in [0.1, 0.15) is 0 Å². The lowest BCUT2D eigenvalue weighted by Gasteiger charge is -2.10. The minimum Gasteiger partial charge on any atom is -0.330 e. The van der Waals surface area contributed by atoms with Crippen molar-refractivity contribution in [3.05, 3.63) is 18.0 Å². The third kappa shape index (κ3) is 1.75. The molecule has 1 aromatic rings. The van der Waals surface area contributed by atoms with E-state index in [4.69, 9.17) is 5.73 Å². The summed E-state index contributed by atoms with van der Waals surface area (Å²) in [5.74, 6) is 0.717. The van der Waals surface area contributed by atoms with Crippen LogP contribution in [0.2, 0.25) is 0 Å². The highest BCUT2D eigenvalue weighted by Crippen LogP contribution is 2.33. The molecule has 1 aliphatic rings. The van der Waals surface area contributed by atoms with Crippen LogP contribution in [0.4, 0.5) is 0 Å². The van der Waals surface area contributed by atoms with Gasteiger partial charge >= 0.3 is 0 Å². The lowest BCUT2D eigenvalue weighted by atomic mass is 10.1. The maximum Gasteiger partial charge on any atom is 0.0522 e. The first-order valence-corrected chi connectivity index (χ1v) is 5.00. The van der Waals surface area contributed by atoms with Gasteiger partial charge in [-0.1, -0.05) is 0 Å². The van der Waals surface area contributed by atoms with Gasteiger partial charge in [-0.3, -0.25) is 4.68 Å². The number of aromatic nitrogens is 2. The van der Waals surface area contributed by atoms with Crippen LogP contribution >= 0.6 is 0 Å². The second-order valence-electron chi connectivity index (χ2n) is 4.07. The Morgan fingerprint density at radius 3 is 3.00 bits per heavy atom. The third-order valence-electron chi connectivity index (χ3n) is 2.95. The predicted octanol–water partition coefficient (Wildman–Crippen LogP) is 1.49. The van der Waals surface area contributed by atoms with Crippen LogP contribution in [-0.4, -0.2) is 16.3 Å². The highest BCUT2D eigenvalue weighted by molar-refractivity contribution is 5.01. The van der Waals surface area contributed by atoms with Crippen LogP contribution in [0.15, 0.2) is 12.4 Å². The van der Waals surface area contributed by atoms with Gasteiger partial charge in [-0.2, -0.15) is 5.10 Å². The van der Waals surface area contributed by atoms with Gasteiger partial charge in [-0.15, -0.1) is 0 Å². The number of hydrogen-bond donors (Lipinski definition) is 1. The summed E-state index contributed by atoms with van der Waals surface area (Å²) in [6.45, 7) is 2.91. The topological polar surface area (TPSA) is 43.8 Å². The Balaban J connectivity index is 2.03. The van der Waals surface area contributed by atoms with Gasteiger partial charge in [0.25, 0.3) is 0 Å². The fraction of sp³-hybridized carbons (Fsp3) is 0.700. The SMILES string of the molecule is Cc1cnn(C2CCC(CN)C2)c1.